The van der Waals surface area contributed by atoms with E-state index in [4.69, 9.17) is 23.2 Å². The first-order chi connectivity index (χ1) is 6.53. The Balaban J connectivity index is 2.50. The van der Waals surface area contributed by atoms with E-state index in [9.17, 15) is 4.79 Å². The maximum Gasteiger partial charge on any atom is 0.158 e. The van der Waals surface area contributed by atoms with Gasteiger partial charge in [0.1, 0.15) is 0 Å². The van der Waals surface area contributed by atoms with Crippen molar-refractivity contribution in [3.05, 3.63) is 0 Å². The third-order valence-corrected chi connectivity index (χ3v) is 6.39. The number of carbonyl (C=O) groups excluding carboxylic acids is 1. The van der Waals surface area contributed by atoms with Gasteiger partial charge in [0.15, 0.2) is 5.78 Å². The summed E-state index contributed by atoms with van der Waals surface area (Å²) in [5, 5.41) is 0.381. The number of alkyl halides is 3. The molecule has 2 bridgehead atoms. The molecule has 14 heavy (non-hydrogen) atoms. The van der Waals surface area contributed by atoms with Gasteiger partial charge in [0.05, 0.1) is 5.38 Å². The summed E-state index contributed by atoms with van der Waals surface area (Å²) in [6.45, 7) is 2.11. The molecule has 0 N–H and O–H groups in total. The Morgan fingerprint density at radius 1 is 1.64 bits per heavy atom. The number of halogens is 3. The highest BCUT2D eigenvalue weighted by molar-refractivity contribution is 9.09. The molecule has 0 radical (unpaired) electrons. The standard InChI is InChI=1S/C10H13BrCl2O/c1-9(5-12)6-2-3-10(9,4-11)8(14)7(6)13/h6-7H,2-5H2,1H3. The summed E-state index contributed by atoms with van der Waals surface area (Å²) < 4.78 is 0. The number of carbonyl (C=O) groups is 1. The van der Waals surface area contributed by atoms with E-state index in [0.717, 1.165) is 12.8 Å². The average molecular weight is 300 g/mol. The highest BCUT2D eigenvalue weighted by atomic mass is 79.9. The van der Waals surface area contributed by atoms with Gasteiger partial charge >= 0.3 is 0 Å². The lowest BCUT2D eigenvalue weighted by Gasteiger charge is -2.36. The summed E-state index contributed by atoms with van der Waals surface area (Å²) in [6.07, 6.45) is 1.98. The normalized spacial score (nSPS) is 51.6. The van der Waals surface area contributed by atoms with Gasteiger partial charge in [-0.1, -0.05) is 22.9 Å². The molecule has 4 heteroatoms. The second-order valence-electron chi connectivity index (χ2n) is 4.68. The Morgan fingerprint density at radius 2 is 2.29 bits per heavy atom. The molecule has 0 heterocycles. The van der Waals surface area contributed by atoms with E-state index in [1.807, 2.05) is 0 Å². The van der Waals surface area contributed by atoms with E-state index >= 15 is 0 Å². The van der Waals surface area contributed by atoms with Crippen molar-refractivity contribution in [3.63, 3.8) is 0 Å². The summed E-state index contributed by atoms with van der Waals surface area (Å²) in [7, 11) is 0. The van der Waals surface area contributed by atoms with E-state index in [1.54, 1.807) is 0 Å². The molecule has 2 rings (SSSR count). The molecule has 0 aromatic heterocycles. The third kappa shape index (κ3) is 1.01. The maximum absolute atomic E-state index is 12.1. The summed E-state index contributed by atoms with van der Waals surface area (Å²) in [6, 6.07) is 0. The maximum atomic E-state index is 12.1. The topological polar surface area (TPSA) is 17.1 Å². The zero-order valence-corrected chi connectivity index (χ0v) is 11.1. The van der Waals surface area contributed by atoms with Crippen molar-refractivity contribution in [2.45, 2.75) is 25.1 Å². The Hall–Kier alpha value is 0.730. The predicted molar refractivity (Wildman–Crippen MR) is 62.4 cm³/mol. The third-order valence-electron chi connectivity index (χ3n) is 4.37. The van der Waals surface area contributed by atoms with Gasteiger partial charge in [0, 0.05) is 16.6 Å². The van der Waals surface area contributed by atoms with E-state index in [2.05, 4.69) is 22.9 Å². The lowest BCUT2D eigenvalue weighted by molar-refractivity contribution is -0.127. The average Bonchev–Trinajstić information content (AvgIpc) is 2.57. The first kappa shape index (κ1) is 11.2. The number of hydrogen-bond acceptors (Lipinski definition) is 1. The quantitative estimate of drug-likeness (QED) is 0.716. The molecular formula is C10H13BrCl2O. The van der Waals surface area contributed by atoms with Crippen LogP contribution in [0.25, 0.3) is 0 Å². The number of Topliss-reactive ketones (excluding diaryl/α,β-unsaturated/α-hetero) is 1. The Kier molecular flexibility index (Phi) is 2.69. The largest absolute Gasteiger partial charge is 0.297 e. The zero-order chi connectivity index (χ0) is 10.6. The van der Waals surface area contributed by atoms with Crippen molar-refractivity contribution < 1.29 is 4.79 Å². The molecular weight excluding hydrogens is 287 g/mol. The van der Waals surface area contributed by atoms with Gasteiger partial charge < -0.3 is 0 Å². The molecule has 0 amide bonds. The van der Waals surface area contributed by atoms with Crippen molar-refractivity contribution >= 4 is 44.9 Å². The molecule has 0 aliphatic heterocycles. The minimum Gasteiger partial charge on any atom is -0.297 e. The number of rotatable bonds is 2. The number of ketones is 1. The van der Waals surface area contributed by atoms with E-state index in [0.29, 0.717) is 11.2 Å². The molecule has 2 fully saturated rings. The number of fused-ring (bicyclic) bond motifs is 2. The van der Waals surface area contributed by atoms with Crippen LogP contribution in [-0.2, 0) is 4.79 Å². The minimum atomic E-state index is -0.315. The van der Waals surface area contributed by atoms with Crippen molar-refractivity contribution in [1.29, 1.82) is 0 Å². The van der Waals surface area contributed by atoms with Crippen LogP contribution in [-0.4, -0.2) is 22.4 Å². The van der Waals surface area contributed by atoms with E-state index in [-0.39, 0.29) is 27.9 Å². The molecule has 2 aliphatic rings. The molecule has 0 saturated heterocycles. The van der Waals surface area contributed by atoms with Crippen molar-refractivity contribution in [2.75, 3.05) is 11.2 Å². The molecule has 80 valence electrons. The van der Waals surface area contributed by atoms with Crippen LogP contribution in [0.4, 0.5) is 0 Å². The highest BCUT2D eigenvalue weighted by Crippen LogP contribution is 2.66. The Labute approximate surface area is 103 Å². The summed E-state index contributed by atoms with van der Waals surface area (Å²) in [5.41, 5.74) is -0.409. The summed E-state index contributed by atoms with van der Waals surface area (Å²) in [5.74, 6) is 1.00. The fourth-order valence-electron chi connectivity index (χ4n) is 3.19. The Morgan fingerprint density at radius 3 is 2.71 bits per heavy atom. The fraction of sp³-hybridized carbons (Fsp3) is 0.900. The number of hydrogen-bond donors (Lipinski definition) is 0. The van der Waals surface area contributed by atoms with Crippen molar-refractivity contribution in [2.24, 2.45) is 16.7 Å². The van der Waals surface area contributed by atoms with Crippen LogP contribution in [0.5, 0.6) is 0 Å². The van der Waals surface area contributed by atoms with E-state index in [1.165, 1.54) is 0 Å². The van der Waals surface area contributed by atoms with Gasteiger partial charge in [-0.25, -0.2) is 0 Å². The van der Waals surface area contributed by atoms with Gasteiger partial charge in [-0.05, 0) is 24.2 Å². The first-order valence-electron chi connectivity index (χ1n) is 4.84. The first-order valence-corrected chi connectivity index (χ1v) is 6.93. The molecule has 1 nitrogen and oxygen atoms in total. The summed E-state index contributed by atoms with van der Waals surface area (Å²) >= 11 is 15.7. The van der Waals surface area contributed by atoms with Crippen LogP contribution in [0.15, 0.2) is 0 Å². The van der Waals surface area contributed by atoms with Crippen molar-refractivity contribution in [3.8, 4) is 0 Å². The van der Waals surface area contributed by atoms with Crippen LogP contribution in [0.3, 0.4) is 0 Å². The van der Waals surface area contributed by atoms with Crippen LogP contribution < -0.4 is 0 Å². The van der Waals surface area contributed by atoms with Crippen LogP contribution in [0.2, 0.25) is 0 Å². The van der Waals surface area contributed by atoms with Gasteiger partial charge in [-0.3, -0.25) is 4.79 Å². The van der Waals surface area contributed by atoms with Gasteiger partial charge in [0.25, 0.3) is 0 Å². The van der Waals surface area contributed by atoms with Crippen LogP contribution in [0, 0.1) is 16.7 Å². The zero-order valence-electron chi connectivity index (χ0n) is 8.03. The molecule has 4 atom stereocenters. The summed E-state index contributed by atoms with van der Waals surface area (Å²) in [4.78, 5) is 12.1. The molecule has 2 aliphatic carbocycles. The smallest absolute Gasteiger partial charge is 0.158 e. The molecule has 0 aromatic rings. The predicted octanol–water partition coefficient (Wildman–Crippen LogP) is 3.21. The SMILES string of the molecule is CC1(CCl)C2CCC1(CBr)C(=O)C2Cl. The van der Waals surface area contributed by atoms with Gasteiger partial charge in [-0.15, -0.1) is 23.2 Å². The lowest BCUT2D eigenvalue weighted by atomic mass is 9.70. The van der Waals surface area contributed by atoms with Gasteiger partial charge in [-0.2, -0.15) is 0 Å². The molecule has 2 saturated carbocycles. The molecule has 0 aromatic carbocycles. The van der Waals surface area contributed by atoms with Crippen LogP contribution >= 0.6 is 39.1 Å². The van der Waals surface area contributed by atoms with Crippen LogP contribution in [0.1, 0.15) is 19.8 Å². The van der Waals surface area contributed by atoms with Crippen molar-refractivity contribution in [1.82, 2.24) is 0 Å². The molecule has 0 spiro atoms. The highest BCUT2D eigenvalue weighted by Gasteiger charge is 2.69. The van der Waals surface area contributed by atoms with Gasteiger partial charge in [0.2, 0.25) is 0 Å². The molecule has 4 unspecified atom stereocenters. The lowest BCUT2D eigenvalue weighted by Crippen LogP contribution is -2.41. The van der Waals surface area contributed by atoms with E-state index < -0.39 is 0 Å². The second kappa shape index (κ2) is 3.36. The monoisotopic (exact) mass is 298 g/mol. The fourth-order valence-corrected chi connectivity index (χ4v) is 5.46. The second-order valence-corrected chi connectivity index (χ2v) is 5.98. The Bertz CT molecular complexity index is 283. The minimum absolute atomic E-state index is 0.110.